The third-order valence-corrected chi connectivity index (χ3v) is 5.39. The van der Waals surface area contributed by atoms with E-state index in [0.29, 0.717) is 11.8 Å². The largest absolute Gasteiger partial charge is 0.325 e. The van der Waals surface area contributed by atoms with Gasteiger partial charge in [-0.3, -0.25) is 9.59 Å². The van der Waals surface area contributed by atoms with E-state index in [1.807, 2.05) is 18.2 Å². The van der Waals surface area contributed by atoms with Crippen LogP contribution in [0.1, 0.15) is 48.0 Å². The van der Waals surface area contributed by atoms with E-state index in [9.17, 15) is 14.0 Å². The van der Waals surface area contributed by atoms with Crippen LogP contribution in [-0.4, -0.2) is 12.2 Å². The quantitative estimate of drug-likeness (QED) is 0.829. The van der Waals surface area contributed by atoms with Crippen molar-refractivity contribution in [3.8, 4) is 11.1 Å². The Morgan fingerprint density at radius 3 is 2.42 bits per heavy atom. The first-order valence-corrected chi connectivity index (χ1v) is 8.35. The SMILES string of the molecule is O=Cc1ccc(-c2ccc3c(c2)C2(CCCCC2)C(=O)N3)cc1F. The Morgan fingerprint density at radius 1 is 1.00 bits per heavy atom. The standard InChI is InChI=1S/C20H18FNO2/c21-17-11-14(4-5-15(17)12-23)13-6-7-18-16(10-13)20(19(24)22-18)8-2-1-3-9-20/h4-7,10-12H,1-3,8-9H2,(H,22,24). The van der Waals surface area contributed by atoms with Crippen molar-refractivity contribution in [2.75, 3.05) is 5.32 Å². The van der Waals surface area contributed by atoms with E-state index in [0.717, 1.165) is 42.5 Å². The number of carbonyl (C=O) groups excluding carboxylic acids is 2. The molecule has 0 saturated heterocycles. The second-order valence-electron chi connectivity index (χ2n) is 6.71. The van der Waals surface area contributed by atoms with Gasteiger partial charge in [0, 0.05) is 5.69 Å². The van der Waals surface area contributed by atoms with Gasteiger partial charge in [-0.15, -0.1) is 0 Å². The van der Waals surface area contributed by atoms with Gasteiger partial charge < -0.3 is 5.32 Å². The van der Waals surface area contributed by atoms with E-state index >= 15 is 0 Å². The van der Waals surface area contributed by atoms with Crippen molar-refractivity contribution in [1.29, 1.82) is 0 Å². The predicted octanol–water partition coefficient (Wildman–Crippen LogP) is 4.46. The molecular formula is C20H18FNO2. The van der Waals surface area contributed by atoms with Gasteiger partial charge in [-0.25, -0.2) is 4.39 Å². The Hall–Kier alpha value is -2.49. The number of anilines is 1. The van der Waals surface area contributed by atoms with Crippen molar-refractivity contribution in [3.63, 3.8) is 0 Å². The molecule has 2 aromatic carbocycles. The van der Waals surface area contributed by atoms with Crippen LogP contribution in [-0.2, 0) is 10.2 Å². The highest BCUT2D eigenvalue weighted by atomic mass is 19.1. The second kappa shape index (κ2) is 5.55. The maximum atomic E-state index is 13.9. The zero-order valence-electron chi connectivity index (χ0n) is 13.3. The molecule has 0 radical (unpaired) electrons. The Balaban J connectivity index is 1.80. The van der Waals surface area contributed by atoms with E-state index < -0.39 is 11.2 Å². The summed E-state index contributed by atoms with van der Waals surface area (Å²) in [6, 6.07) is 10.4. The molecule has 3 nitrogen and oxygen atoms in total. The molecular weight excluding hydrogens is 305 g/mol. The van der Waals surface area contributed by atoms with Crippen LogP contribution in [0.3, 0.4) is 0 Å². The van der Waals surface area contributed by atoms with Crippen LogP contribution < -0.4 is 5.32 Å². The predicted molar refractivity (Wildman–Crippen MR) is 90.6 cm³/mol. The minimum atomic E-state index is -0.524. The Bertz CT molecular complexity index is 838. The molecule has 1 heterocycles. The Morgan fingerprint density at radius 2 is 1.71 bits per heavy atom. The molecule has 1 amide bonds. The van der Waals surface area contributed by atoms with Crippen molar-refractivity contribution in [1.82, 2.24) is 0 Å². The van der Waals surface area contributed by atoms with E-state index in [2.05, 4.69) is 5.32 Å². The topological polar surface area (TPSA) is 46.2 Å². The maximum Gasteiger partial charge on any atom is 0.235 e. The number of nitrogens with one attached hydrogen (secondary N) is 1. The fraction of sp³-hybridized carbons (Fsp3) is 0.300. The van der Waals surface area contributed by atoms with Gasteiger partial charge in [0.25, 0.3) is 0 Å². The van der Waals surface area contributed by atoms with E-state index in [-0.39, 0.29) is 11.5 Å². The average Bonchev–Trinajstić information content (AvgIpc) is 2.87. The van der Waals surface area contributed by atoms with Crippen molar-refractivity contribution >= 4 is 17.9 Å². The third-order valence-electron chi connectivity index (χ3n) is 5.39. The molecule has 2 aliphatic rings. The first-order chi connectivity index (χ1) is 11.6. The number of hydrogen-bond acceptors (Lipinski definition) is 2. The molecule has 4 heteroatoms. The molecule has 24 heavy (non-hydrogen) atoms. The molecule has 0 aromatic heterocycles. The van der Waals surface area contributed by atoms with Gasteiger partial charge in [0.2, 0.25) is 5.91 Å². The average molecular weight is 323 g/mol. The molecule has 1 N–H and O–H groups in total. The highest BCUT2D eigenvalue weighted by Gasteiger charge is 2.47. The molecule has 2 aromatic rings. The minimum Gasteiger partial charge on any atom is -0.325 e. The van der Waals surface area contributed by atoms with Gasteiger partial charge in [-0.1, -0.05) is 31.4 Å². The summed E-state index contributed by atoms with van der Waals surface area (Å²) in [6.07, 6.45) is 5.53. The molecule has 0 bridgehead atoms. The molecule has 1 aliphatic carbocycles. The van der Waals surface area contributed by atoms with Gasteiger partial charge in [-0.2, -0.15) is 0 Å². The number of rotatable bonds is 2. The maximum absolute atomic E-state index is 13.9. The fourth-order valence-corrected chi connectivity index (χ4v) is 4.05. The first-order valence-electron chi connectivity index (χ1n) is 8.35. The molecule has 4 rings (SSSR count). The molecule has 1 aliphatic heterocycles. The third kappa shape index (κ3) is 2.17. The van der Waals surface area contributed by atoms with E-state index in [1.54, 1.807) is 6.07 Å². The van der Waals surface area contributed by atoms with Crippen LogP contribution in [0.15, 0.2) is 36.4 Å². The highest BCUT2D eigenvalue weighted by Crippen LogP contribution is 2.48. The Labute approximate surface area is 139 Å². The van der Waals surface area contributed by atoms with Crippen LogP contribution in [0.5, 0.6) is 0 Å². The number of benzene rings is 2. The molecule has 1 fully saturated rings. The Kier molecular flexibility index (Phi) is 3.48. The van der Waals surface area contributed by atoms with Crippen LogP contribution in [0, 0.1) is 5.82 Å². The van der Waals surface area contributed by atoms with Crippen molar-refractivity contribution in [2.45, 2.75) is 37.5 Å². The normalized spacial score (nSPS) is 18.3. The summed E-state index contributed by atoms with van der Waals surface area (Å²) in [5.74, 6) is -0.429. The molecule has 0 atom stereocenters. The molecule has 1 saturated carbocycles. The lowest BCUT2D eigenvalue weighted by atomic mass is 9.70. The van der Waals surface area contributed by atoms with Gasteiger partial charge >= 0.3 is 0 Å². The first kappa shape index (κ1) is 15.1. The van der Waals surface area contributed by atoms with Crippen LogP contribution in [0.4, 0.5) is 10.1 Å². The van der Waals surface area contributed by atoms with Crippen molar-refractivity contribution in [2.24, 2.45) is 0 Å². The zero-order valence-corrected chi connectivity index (χ0v) is 13.3. The number of halogens is 1. The summed E-state index contributed by atoms with van der Waals surface area (Å²) in [5.41, 5.74) is 3.11. The van der Waals surface area contributed by atoms with Gasteiger partial charge in [0.05, 0.1) is 11.0 Å². The number of aldehydes is 1. The van der Waals surface area contributed by atoms with Gasteiger partial charge in [-0.05, 0) is 53.8 Å². The fourth-order valence-electron chi connectivity index (χ4n) is 4.05. The highest BCUT2D eigenvalue weighted by molar-refractivity contribution is 6.06. The second-order valence-corrected chi connectivity index (χ2v) is 6.71. The summed E-state index contributed by atoms with van der Waals surface area (Å²) < 4.78 is 13.9. The van der Waals surface area contributed by atoms with E-state index in [1.165, 1.54) is 18.6 Å². The molecule has 122 valence electrons. The summed E-state index contributed by atoms with van der Waals surface area (Å²) in [6.45, 7) is 0. The number of amides is 1. The minimum absolute atomic E-state index is 0.0560. The lowest BCUT2D eigenvalue weighted by Crippen LogP contribution is -2.36. The van der Waals surface area contributed by atoms with Crippen LogP contribution in [0.2, 0.25) is 0 Å². The summed E-state index contributed by atoms with van der Waals surface area (Å²) >= 11 is 0. The summed E-state index contributed by atoms with van der Waals surface area (Å²) in [4.78, 5) is 23.4. The van der Waals surface area contributed by atoms with Crippen LogP contribution in [0.25, 0.3) is 11.1 Å². The van der Waals surface area contributed by atoms with Crippen molar-refractivity contribution in [3.05, 3.63) is 53.3 Å². The zero-order chi connectivity index (χ0) is 16.7. The molecule has 0 unspecified atom stereocenters. The number of fused-ring (bicyclic) bond motifs is 2. The lowest BCUT2D eigenvalue weighted by Gasteiger charge is -2.31. The van der Waals surface area contributed by atoms with Gasteiger partial charge in [0.1, 0.15) is 5.82 Å². The van der Waals surface area contributed by atoms with Crippen molar-refractivity contribution < 1.29 is 14.0 Å². The molecule has 1 spiro atoms. The van der Waals surface area contributed by atoms with Gasteiger partial charge in [0.15, 0.2) is 6.29 Å². The number of carbonyl (C=O) groups is 2. The lowest BCUT2D eigenvalue weighted by molar-refractivity contribution is -0.121. The van der Waals surface area contributed by atoms with E-state index in [4.69, 9.17) is 0 Å². The monoisotopic (exact) mass is 323 g/mol. The smallest absolute Gasteiger partial charge is 0.235 e. The van der Waals surface area contributed by atoms with Crippen LogP contribution >= 0.6 is 0 Å². The summed E-state index contributed by atoms with van der Waals surface area (Å²) in [5, 5.41) is 3.01. The number of hydrogen-bond donors (Lipinski definition) is 1. The summed E-state index contributed by atoms with van der Waals surface area (Å²) in [7, 11) is 0.